The van der Waals surface area contributed by atoms with Crippen molar-refractivity contribution in [3.05, 3.63) is 28.0 Å². The highest BCUT2D eigenvalue weighted by molar-refractivity contribution is 6.35. The molecule has 7 heteroatoms. The van der Waals surface area contributed by atoms with E-state index in [0.717, 1.165) is 38.2 Å². The Morgan fingerprint density at radius 3 is 2.14 bits per heavy atom. The average molecular weight is 389 g/mol. The molecule has 0 saturated carbocycles. The Labute approximate surface area is 156 Å². The highest BCUT2D eigenvalue weighted by atomic mass is 35.5. The molecule has 0 aromatic carbocycles. The number of hydrogen-bond acceptors (Lipinski definition) is 3. The van der Waals surface area contributed by atoms with E-state index in [9.17, 15) is 0 Å². The lowest BCUT2D eigenvalue weighted by Crippen LogP contribution is -2.45. The van der Waals surface area contributed by atoms with Crippen LogP contribution in [0.1, 0.15) is 38.3 Å². The van der Waals surface area contributed by atoms with Gasteiger partial charge in [0, 0.05) is 50.2 Å². The normalized spacial score (nSPS) is 16.8. The largest absolute Gasteiger partial charge is 0.314 e. The molecule has 1 aliphatic rings. The van der Waals surface area contributed by atoms with Crippen molar-refractivity contribution in [1.29, 1.82) is 0 Å². The van der Waals surface area contributed by atoms with Gasteiger partial charge in [0.2, 0.25) is 0 Å². The van der Waals surface area contributed by atoms with Crippen LogP contribution in [0.25, 0.3) is 0 Å². The zero-order valence-corrected chi connectivity index (χ0v) is 16.2. The van der Waals surface area contributed by atoms with E-state index in [1.54, 1.807) is 12.4 Å². The summed E-state index contributed by atoms with van der Waals surface area (Å²) in [7, 11) is 0. The van der Waals surface area contributed by atoms with E-state index in [1.807, 2.05) is 0 Å². The van der Waals surface area contributed by atoms with Crippen LogP contribution in [0.15, 0.2) is 12.4 Å². The number of piperazine rings is 1. The zero-order valence-electron chi connectivity index (χ0n) is 13.0. The van der Waals surface area contributed by atoms with Crippen LogP contribution in [-0.4, -0.2) is 36.1 Å². The molecule has 2 heterocycles. The number of halogens is 4. The lowest BCUT2D eigenvalue weighted by Gasteiger charge is -2.36. The first-order valence-corrected chi connectivity index (χ1v) is 8.09. The summed E-state index contributed by atoms with van der Waals surface area (Å²) < 4.78 is 0. The molecule has 1 saturated heterocycles. The number of nitrogens with one attached hydrogen (secondary N) is 1. The third kappa shape index (κ3) is 6.03. The van der Waals surface area contributed by atoms with E-state index < -0.39 is 0 Å². The minimum Gasteiger partial charge on any atom is -0.314 e. The molecule has 22 heavy (non-hydrogen) atoms. The van der Waals surface area contributed by atoms with Gasteiger partial charge >= 0.3 is 0 Å². The topological polar surface area (TPSA) is 28.2 Å². The van der Waals surface area contributed by atoms with Crippen molar-refractivity contribution in [2.45, 2.75) is 32.7 Å². The molecule has 0 spiro atoms. The summed E-state index contributed by atoms with van der Waals surface area (Å²) in [6, 6.07) is 0.294. The van der Waals surface area contributed by atoms with Gasteiger partial charge in [-0.1, -0.05) is 37.0 Å². The average Bonchev–Trinajstić information content (AvgIpc) is 2.42. The van der Waals surface area contributed by atoms with E-state index in [0.29, 0.717) is 22.0 Å². The van der Waals surface area contributed by atoms with Gasteiger partial charge in [-0.3, -0.25) is 9.88 Å². The first-order chi connectivity index (χ1) is 9.59. The number of hydrogen-bond donors (Lipinski definition) is 1. The molecule has 1 atom stereocenters. The minimum absolute atomic E-state index is 0. The smallest absolute Gasteiger partial charge is 0.0652 e. The molecule has 1 aromatic rings. The van der Waals surface area contributed by atoms with Gasteiger partial charge in [-0.2, -0.15) is 0 Å². The van der Waals surface area contributed by atoms with Crippen LogP contribution in [-0.2, 0) is 0 Å². The summed E-state index contributed by atoms with van der Waals surface area (Å²) in [5.74, 6) is 0.680. The summed E-state index contributed by atoms with van der Waals surface area (Å²) >= 11 is 12.7. The van der Waals surface area contributed by atoms with Gasteiger partial charge in [0.25, 0.3) is 0 Å². The van der Waals surface area contributed by atoms with E-state index in [2.05, 4.69) is 29.0 Å². The molecule has 0 bridgehead atoms. The van der Waals surface area contributed by atoms with Gasteiger partial charge in [-0.05, 0) is 18.8 Å². The van der Waals surface area contributed by atoms with Crippen molar-refractivity contribution < 1.29 is 0 Å². The first-order valence-electron chi connectivity index (χ1n) is 7.33. The van der Waals surface area contributed by atoms with Crippen molar-refractivity contribution >= 4 is 48.0 Å². The Morgan fingerprint density at radius 2 is 1.64 bits per heavy atom. The number of pyridine rings is 1. The van der Waals surface area contributed by atoms with Gasteiger partial charge in [0.1, 0.15) is 0 Å². The quantitative estimate of drug-likeness (QED) is 0.797. The standard InChI is InChI=1S/C15H23Cl2N3.2ClH/c1-11(2)3-4-14(20-7-5-18-6-8-20)15-12(16)9-19-10-13(15)17;;/h9-11,14,18H,3-8H2,1-2H3;2*1H/t14-;;/m0../s1. The predicted molar refractivity (Wildman–Crippen MR) is 100 cm³/mol. The minimum atomic E-state index is 0. The van der Waals surface area contributed by atoms with Gasteiger partial charge in [-0.15, -0.1) is 24.8 Å². The Balaban J connectivity index is 0.00000220. The molecule has 0 unspecified atom stereocenters. The molecule has 1 aromatic heterocycles. The van der Waals surface area contributed by atoms with Crippen LogP contribution in [0.4, 0.5) is 0 Å². The summed E-state index contributed by atoms with van der Waals surface area (Å²) in [5.41, 5.74) is 1.05. The molecule has 0 radical (unpaired) electrons. The molecular weight excluding hydrogens is 364 g/mol. The van der Waals surface area contributed by atoms with Crippen molar-refractivity contribution in [3.8, 4) is 0 Å². The van der Waals surface area contributed by atoms with Crippen molar-refractivity contribution in [1.82, 2.24) is 15.2 Å². The molecular formula is C15H25Cl4N3. The third-order valence-corrected chi connectivity index (χ3v) is 4.44. The van der Waals surface area contributed by atoms with Crippen LogP contribution >= 0.6 is 48.0 Å². The molecule has 0 amide bonds. The fraction of sp³-hybridized carbons (Fsp3) is 0.667. The summed E-state index contributed by atoms with van der Waals surface area (Å²) in [4.78, 5) is 6.56. The summed E-state index contributed by atoms with van der Waals surface area (Å²) in [5, 5.41) is 4.77. The highest BCUT2D eigenvalue weighted by Gasteiger charge is 2.26. The van der Waals surface area contributed by atoms with Crippen molar-refractivity contribution in [3.63, 3.8) is 0 Å². The summed E-state index contributed by atoms with van der Waals surface area (Å²) in [6.45, 7) is 8.64. The Bertz CT molecular complexity index is 417. The van der Waals surface area contributed by atoms with Crippen LogP contribution < -0.4 is 5.32 Å². The SMILES string of the molecule is CC(C)CC[C@@H](c1c(Cl)cncc1Cl)N1CCNCC1.Cl.Cl. The molecule has 1 N–H and O–H groups in total. The Morgan fingerprint density at radius 1 is 1.09 bits per heavy atom. The van der Waals surface area contributed by atoms with Crippen LogP contribution in [0.2, 0.25) is 10.0 Å². The predicted octanol–water partition coefficient (Wildman–Crippen LogP) is 4.61. The highest BCUT2D eigenvalue weighted by Crippen LogP contribution is 2.36. The molecule has 0 aliphatic carbocycles. The first kappa shape index (κ1) is 22.2. The van der Waals surface area contributed by atoms with E-state index in [1.165, 1.54) is 6.42 Å². The number of nitrogens with zero attached hydrogens (tertiary/aromatic N) is 2. The maximum Gasteiger partial charge on any atom is 0.0652 e. The lowest BCUT2D eigenvalue weighted by molar-refractivity contribution is 0.160. The second-order valence-corrected chi connectivity index (χ2v) is 6.60. The zero-order chi connectivity index (χ0) is 14.5. The van der Waals surface area contributed by atoms with Crippen molar-refractivity contribution in [2.24, 2.45) is 5.92 Å². The van der Waals surface area contributed by atoms with E-state index in [-0.39, 0.29) is 24.8 Å². The molecule has 128 valence electrons. The maximum atomic E-state index is 6.37. The fourth-order valence-corrected chi connectivity index (χ4v) is 3.35. The van der Waals surface area contributed by atoms with Gasteiger partial charge in [0.05, 0.1) is 10.0 Å². The fourth-order valence-electron chi connectivity index (χ4n) is 2.73. The molecule has 2 rings (SSSR count). The van der Waals surface area contributed by atoms with Crippen LogP contribution in [0.5, 0.6) is 0 Å². The van der Waals surface area contributed by atoms with Gasteiger partial charge < -0.3 is 5.32 Å². The Hall–Kier alpha value is 0.230. The molecule has 1 fully saturated rings. The maximum absolute atomic E-state index is 6.37. The number of aromatic nitrogens is 1. The molecule has 1 aliphatic heterocycles. The van der Waals surface area contributed by atoms with Crippen molar-refractivity contribution in [2.75, 3.05) is 26.2 Å². The van der Waals surface area contributed by atoms with Crippen LogP contribution in [0.3, 0.4) is 0 Å². The van der Waals surface area contributed by atoms with E-state index >= 15 is 0 Å². The summed E-state index contributed by atoms with van der Waals surface area (Å²) in [6.07, 6.45) is 5.66. The lowest BCUT2D eigenvalue weighted by atomic mass is 9.96. The second kappa shape index (κ2) is 10.9. The monoisotopic (exact) mass is 387 g/mol. The second-order valence-electron chi connectivity index (χ2n) is 5.79. The van der Waals surface area contributed by atoms with Gasteiger partial charge in [-0.25, -0.2) is 0 Å². The van der Waals surface area contributed by atoms with E-state index in [4.69, 9.17) is 23.2 Å². The molecule has 3 nitrogen and oxygen atoms in total. The Kier molecular flexibility index (Phi) is 11.0. The van der Waals surface area contributed by atoms with Gasteiger partial charge in [0.15, 0.2) is 0 Å². The third-order valence-electron chi connectivity index (χ3n) is 3.83. The number of rotatable bonds is 5. The van der Waals surface area contributed by atoms with Crippen LogP contribution in [0, 0.1) is 5.92 Å².